The summed E-state index contributed by atoms with van der Waals surface area (Å²) in [5.74, 6) is -0.599. The summed E-state index contributed by atoms with van der Waals surface area (Å²) >= 11 is 0. The van der Waals surface area contributed by atoms with Crippen LogP contribution in [0.25, 0.3) is 0 Å². The van der Waals surface area contributed by atoms with Crippen LogP contribution in [-0.2, 0) is 19.4 Å². The van der Waals surface area contributed by atoms with Gasteiger partial charge in [0.1, 0.15) is 11.8 Å². The highest BCUT2D eigenvalue weighted by atomic mass is 32.2. The van der Waals surface area contributed by atoms with Gasteiger partial charge in [-0.05, 0) is 43.5 Å². The van der Waals surface area contributed by atoms with Crippen molar-refractivity contribution >= 4 is 21.7 Å². The van der Waals surface area contributed by atoms with Crippen molar-refractivity contribution in [1.29, 1.82) is 0 Å². The molecule has 1 heterocycles. The number of hydrogen-bond acceptors (Lipinski definition) is 5. The molecule has 0 aromatic heterocycles. The molecule has 1 saturated heterocycles. The summed E-state index contributed by atoms with van der Waals surface area (Å²) in [7, 11) is -3.23. The third-order valence-corrected chi connectivity index (χ3v) is 5.04. The molecule has 1 amide bonds. The average Bonchev–Trinajstić information content (AvgIpc) is 3.01. The SMILES string of the molecule is CS(=O)(=O)c1ccc(OCCCC(=O)N2CCC[C@@H]2C(=O)O)cc1. The molecule has 1 aliphatic heterocycles. The maximum absolute atomic E-state index is 12.1. The van der Waals surface area contributed by atoms with Gasteiger partial charge >= 0.3 is 5.97 Å². The van der Waals surface area contributed by atoms with Gasteiger partial charge in [0.15, 0.2) is 9.84 Å². The molecular formula is C16H21NO6S. The summed E-state index contributed by atoms with van der Waals surface area (Å²) in [6, 6.07) is 5.37. The molecule has 1 fully saturated rings. The predicted molar refractivity (Wildman–Crippen MR) is 86.7 cm³/mol. The summed E-state index contributed by atoms with van der Waals surface area (Å²) in [5, 5.41) is 9.07. The lowest BCUT2D eigenvalue weighted by Crippen LogP contribution is -2.40. The molecule has 8 heteroatoms. The molecule has 2 rings (SSSR count). The number of ether oxygens (including phenoxy) is 1. The maximum atomic E-state index is 12.1. The van der Waals surface area contributed by atoms with E-state index in [1.165, 1.54) is 17.0 Å². The first-order chi connectivity index (χ1) is 11.3. The number of benzene rings is 1. The molecule has 24 heavy (non-hydrogen) atoms. The fourth-order valence-electron chi connectivity index (χ4n) is 2.66. The number of likely N-dealkylation sites (tertiary alicyclic amines) is 1. The van der Waals surface area contributed by atoms with Gasteiger partial charge in [0, 0.05) is 19.2 Å². The van der Waals surface area contributed by atoms with E-state index in [1.807, 2.05) is 0 Å². The minimum absolute atomic E-state index is 0.170. The highest BCUT2D eigenvalue weighted by molar-refractivity contribution is 7.90. The summed E-state index contributed by atoms with van der Waals surface area (Å²) in [4.78, 5) is 24.8. The third kappa shape index (κ3) is 4.70. The minimum Gasteiger partial charge on any atom is -0.494 e. The smallest absolute Gasteiger partial charge is 0.326 e. The van der Waals surface area contributed by atoms with Gasteiger partial charge < -0.3 is 14.7 Å². The molecular weight excluding hydrogens is 334 g/mol. The second-order valence-electron chi connectivity index (χ2n) is 5.78. The first-order valence-corrected chi connectivity index (χ1v) is 9.63. The van der Waals surface area contributed by atoms with Gasteiger partial charge in [0.2, 0.25) is 5.91 Å². The largest absolute Gasteiger partial charge is 0.494 e. The molecule has 0 unspecified atom stereocenters. The molecule has 1 atom stereocenters. The van der Waals surface area contributed by atoms with Crippen LogP contribution in [-0.4, -0.2) is 55.7 Å². The lowest BCUT2D eigenvalue weighted by molar-refractivity contribution is -0.148. The highest BCUT2D eigenvalue weighted by Gasteiger charge is 2.33. The first kappa shape index (κ1) is 18.3. The number of amides is 1. The van der Waals surface area contributed by atoms with Crippen LogP contribution in [0, 0.1) is 0 Å². The van der Waals surface area contributed by atoms with Gasteiger partial charge in [-0.1, -0.05) is 0 Å². The number of hydrogen-bond donors (Lipinski definition) is 1. The van der Waals surface area contributed by atoms with Crippen molar-refractivity contribution in [3.8, 4) is 5.75 Å². The van der Waals surface area contributed by atoms with E-state index >= 15 is 0 Å². The molecule has 1 N–H and O–H groups in total. The monoisotopic (exact) mass is 355 g/mol. The molecule has 0 radical (unpaired) electrons. The van der Waals surface area contributed by atoms with Gasteiger partial charge in [-0.3, -0.25) is 4.79 Å². The molecule has 0 spiro atoms. The zero-order chi connectivity index (χ0) is 17.7. The van der Waals surface area contributed by atoms with Gasteiger partial charge in [0.25, 0.3) is 0 Å². The first-order valence-electron chi connectivity index (χ1n) is 7.74. The molecule has 0 bridgehead atoms. The molecule has 0 aliphatic carbocycles. The van der Waals surface area contributed by atoms with Gasteiger partial charge in [-0.15, -0.1) is 0 Å². The van der Waals surface area contributed by atoms with E-state index in [9.17, 15) is 18.0 Å². The molecule has 1 aliphatic rings. The number of carboxylic acid groups (broad SMARTS) is 1. The van der Waals surface area contributed by atoms with Crippen molar-refractivity contribution in [3.63, 3.8) is 0 Å². The number of rotatable bonds is 7. The fourth-order valence-corrected chi connectivity index (χ4v) is 3.29. The number of sulfone groups is 1. The third-order valence-electron chi connectivity index (χ3n) is 3.91. The van der Waals surface area contributed by atoms with Gasteiger partial charge in [-0.25, -0.2) is 13.2 Å². The zero-order valence-corrected chi connectivity index (χ0v) is 14.3. The number of aliphatic carboxylic acids is 1. The zero-order valence-electron chi connectivity index (χ0n) is 13.5. The Morgan fingerprint density at radius 1 is 1.29 bits per heavy atom. The van der Waals surface area contributed by atoms with Crippen LogP contribution in [0.15, 0.2) is 29.2 Å². The average molecular weight is 355 g/mol. The lowest BCUT2D eigenvalue weighted by Gasteiger charge is -2.21. The molecule has 1 aromatic rings. The van der Waals surface area contributed by atoms with E-state index in [1.54, 1.807) is 12.1 Å². The molecule has 1 aromatic carbocycles. The quantitative estimate of drug-likeness (QED) is 0.741. The highest BCUT2D eigenvalue weighted by Crippen LogP contribution is 2.19. The Bertz CT molecular complexity index is 698. The normalized spacial score (nSPS) is 17.7. The Labute approximate surface area is 141 Å². The second-order valence-corrected chi connectivity index (χ2v) is 7.79. The Balaban J connectivity index is 1.76. The number of carbonyl (C=O) groups excluding carboxylic acids is 1. The van der Waals surface area contributed by atoms with Crippen molar-refractivity contribution in [2.24, 2.45) is 0 Å². The van der Waals surface area contributed by atoms with Crippen molar-refractivity contribution in [1.82, 2.24) is 4.90 Å². The van der Waals surface area contributed by atoms with E-state index in [2.05, 4.69) is 0 Å². The fraction of sp³-hybridized carbons (Fsp3) is 0.500. The van der Waals surface area contributed by atoms with Crippen LogP contribution in [0.1, 0.15) is 25.7 Å². The van der Waals surface area contributed by atoms with Crippen molar-refractivity contribution in [3.05, 3.63) is 24.3 Å². The Morgan fingerprint density at radius 2 is 1.96 bits per heavy atom. The summed E-state index contributed by atoms with van der Waals surface area (Å²) in [6.07, 6.45) is 3.05. The second kappa shape index (κ2) is 7.65. The Morgan fingerprint density at radius 3 is 2.54 bits per heavy atom. The van der Waals surface area contributed by atoms with Crippen LogP contribution in [0.5, 0.6) is 5.75 Å². The number of carboxylic acids is 1. The summed E-state index contributed by atoms with van der Waals surface area (Å²) in [5.41, 5.74) is 0. The maximum Gasteiger partial charge on any atom is 0.326 e. The molecule has 0 saturated carbocycles. The standard InChI is InChI=1S/C16H21NO6S/c1-24(21,22)13-8-6-12(7-9-13)23-11-3-5-15(18)17-10-2-4-14(17)16(19)20/h6-9,14H,2-5,10-11H2,1H3,(H,19,20)/t14-/m1/s1. The Kier molecular flexibility index (Phi) is 5.82. The predicted octanol–water partition coefficient (Wildman–Crippen LogP) is 1.32. The number of carbonyl (C=O) groups is 2. The summed E-state index contributed by atoms with van der Waals surface area (Å²) in [6.45, 7) is 0.791. The van der Waals surface area contributed by atoms with E-state index in [0.29, 0.717) is 38.2 Å². The number of nitrogens with zero attached hydrogens (tertiary/aromatic N) is 1. The topological polar surface area (TPSA) is 101 Å². The van der Waals surface area contributed by atoms with Crippen LogP contribution in [0.3, 0.4) is 0 Å². The van der Waals surface area contributed by atoms with Gasteiger partial charge in [-0.2, -0.15) is 0 Å². The van der Waals surface area contributed by atoms with Crippen molar-refractivity contribution in [2.75, 3.05) is 19.4 Å². The molecule has 7 nitrogen and oxygen atoms in total. The van der Waals surface area contributed by atoms with Gasteiger partial charge in [0.05, 0.1) is 11.5 Å². The van der Waals surface area contributed by atoms with E-state index in [4.69, 9.17) is 9.84 Å². The van der Waals surface area contributed by atoms with Crippen LogP contribution >= 0.6 is 0 Å². The summed E-state index contributed by atoms with van der Waals surface area (Å²) < 4.78 is 28.2. The van der Waals surface area contributed by atoms with E-state index in [-0.39, 0.29) is 17.2 Å². The van der Waals surface area contributed by atoms with E-state index in [0.717, 1.165) is 6.26 Å². The molecule has 132 valence electrons. The van der Waals surface area contributed by atoms with Crippen molar-refractivity contribution < 1.29 is 27.9 Å². The van der Waals surface area contributed by atoms with Crippen molar-refractivity contribution in [2.45, 2.75) is 36.6 Å². The van der Waals surface area contributed by atoms with Crippen LogP contribution in [0.4, 0.5) is 0 Å². The van der Waals surface area contributed by atoms with E-state index < -0.39 is 21.8 Å². The lowest BCUT2D eigenvalue weighted by atomic mass is 10.2. The van der Waals surface area contributed by atoms with Crippen LogP contribution in [0.2, 0.25) is 0 Å². The Hall–Kier alpha value is -2.09. The minimum atomic E-state index is -3.23. The van der Waals surface area contributed by atoms with Crippen LogP contribution < -0.4 is 4.74 Å².